The van der Waals surface area contributed by atoms with Gasteiger partial charge in [0.25, 0.3) is 5.91 Å². The molecule has 1 N–H and O–H groups in total. The highest BCUT2D eigenvalue weighted by Gasteiger charge is 2.22. The number of likely N-dealkylation sites (tertiary alicyclic amines) is 1. The molecular formula is C22H30N4O3. The standard InChI is InChI=1S/C22H30N4O3/c1-15-11-13-26(14-12-15)20(28)16-5-7-17(8-6-16)23-18(27)9-10-19-24-21(25-29-19)22(2,3)4/h5-8,15H,9-14H2,1-4H3,(H,23,27). The molecule has 2 amide bonds. The van der Waals surface area contributed by atoms with Crippen LogP contribution in [-0.4, -0.2) is 39.9 Å². The van der Waals surface area contributed by atoms with Crippen molar-refractivity contribution in [3.05, 3.63) is 41.5 Å². The maximum Gasteiger partial charge on any atom is 0.253 e. The van der Waals surface area contributed by atoms with Crippen LogP contribution in [0.5, 0.6) is 0 Å². The Hall–Kier alpha value is -2.70. The van der Waals surface area contributed by atoms with Crippen molar-refractivity contribution >= 4 is 17.5 Å². The summed E-state index contributed by atoms with van der Waals surface area (Å²) in [5, 5.41) is 6.81. The summed E-state index contributed by atoms with van der Waals surface area (Å²) >= 11 is 0. The molecule has 2 aromatic rings. The van der Waals surface area contributed by atoms with Crippen LogP contribution in [0.3, 0.4) is 0 Å². The SMILES string of the molecule is CC1CCN(C(=O)c2ccc(NC(=O)CCc3nc(C(C)(C)C)no3)cc2)CC1. The minimum atomic E-state index is -0.185. The Morgan fingerprint density at radius 1 is 1.17 bits per heavy atom. The molecule has 1 aliphatic rings. The zero-order valence-electron chi connectivity index (χ0n) is 17.7. The number of aromatic nitrogens is 2. The highest BCUT2D eigenvalue weighted by Crippen LogP contribution is 2.20. The van der Waals surface area contributed by atoms with Crippen molar-refractivity contribution in [3.63, 3.8) is 0 Å². The van der Waals surface area contributed by atoms with E-state index in [1.165, 1.54) is 0 Å². The number of rotatable bonds is 5. The highest BCUT2D eigenvalue weighted by molar-refractivity contribution is 5.95. The van der Waals surface area contributed by atoms with Crippen LogP contribution in [0.1, 0.15) is 69.0 Å². The number of hydrogen-bond acceptors (Lipinski definition) is 5. The molecule has 156 valence electrons. The van der Waals surface area contributed by atoms with Crippen LogP contribution < -0.4 is 5.32 Å². The number of amides is 2. The first kappa shape index (κ1) is 21.0. The number of nitrogens with zero attached hydrogens (tertiary/aromatic N) is 3. The lowest BCUT2D eigenvalue weighted by atomic mass is 9.96. The van der Waals surface area contributed by atoms with Gasteiger partial charge in [-0.3, -0.25) is 9.59 Å². The topological polar surface area (TPSA) is 88.3 Å². The van der Waals surface area contributed by atoms with Gasteiger partial charge in [-0.05, 0) is 43.0 Å². The number of aryl methyl sites for hydroxylation is 1. The summed E-state index contributed by atoms with van der Waals surface area (Å²) in [6.45, 7) is 9.87. The predicted molar refractivity (Wildman–Crippen MR) is 111 cm³/mol. The average molecular weight is 399 g/mol. The summed E-state index contributed by atoms with van der Waals surface area (Å²) in [5.41, 5.74) is 1.13. The third-order valence-corrected chi connectivity index (χ3v) is 5.19. The lowest BCUT2D eigenvalue weighted by Gasteiger charge is -2.30. The van der Waals surface area contributed by atoms with Gasteiger partial charge < -0.3 is 14.7 Å². The van der Waals surface area contributed by atoms with Gasteiger partial charge in [-0.2, -0.15) is 4.98 Å². The molecule has 1 aromatic heterocycles. The van der Waals surface area contributed by atoms with E-state index in [1.54, 1.807) is 24.3 Å². The first-order valence-electron chi connectivity index (χ1n) is 10.2. The van der Waals surface area contributed by atoms with Gasteiger partial charge in [0.15, 0.2) is 5.82 Å². The molecule has 1 aromatic carbocycles. The lowest BCUT2D eigenvalue weighted by molar-refractivity contribution is -0.116. The maximum atomic E-state index is 12.6. The summed E-state index contributed by atoms with van der Waals surface area (Å²) in [5.74, 6) is 1.70. The van der Waals surface area contributed by atoms with Crippen molar-refractivity contribution in [1.82, 2.24) is 15.0 Å². The molecule has 29 heavy (non-hydrogen) atoms. The van der Waals surface area contributed by atoms with Crippen LogP contribution in [0.2, 0.25) is 0 Å². The molecule has 0 unspecified atom stereocenters. The Kier molecular flexibility index (Phi) is 6.35. The van der Waals surface area contributed by atoms with Crippen molar-refractivity contribution in [3.8, 4) is 0 Å². The molecule has 0 spiro atoms. The molecule has 3 rings (SSSR count). The quantitative estimate of drug-likeness (QED) is 0.827. The molecule has 0 bridgehead atoms. The van der Waals surface area contributed by atoms with E-state index in [9.17, 15) is 9.59 Å². The second kappa shape index (κ2) is 8.76. The molecule has 1 fully saturated rings. The van der Waals surface area contributed by atoms with Gasteiger partial charge in [0.2, 0.25) is 11.8 Å². The summed E-state index contributed by atoms with van der Waals surface area (Å²) in [6.07, 6.45) is 2.74. The summed E-state index contributed by atoms with van der Waals surface area (Å²) in [4.78, 5) is 31.0. The minimum absolute atomic E-state index is 0.0563. The van der Waals surface area contributed by atoms with Gasteiger partial charge in [-0.1, -0.05) is 32.9 Å². The largest absolute Gasteiger partial charge is 0.339 e. The Balaban J connectivity index is 1.49. The Morgan fingerprint density at radius 3 is 2.41 bits per heavy atom. The fraction of sp³-hybridized carbons (Fsp3) is 0.545. The van der Waals surface area contributed by atoms with Crippen molar-refractivity contribution in [2.75, 3.05) is 18.4 Å². The number of anilines is 1. The van der Waals surface area contributed by atoms with E-state index < -0.39 is 0 Å². The van der Waals surface area contributed by atoms with E-state index in [1.807, 2.05) is 25.7 Å². The Labute approximate surface area is 171 Å². The van der Waals surface area contributed by atoms with Gasteiger partial charge in [-0.15, -0.1) is 0 Å². The Bertz CT molecular complexity index is 844. The first-order valence-corrected chi connectivity index (χ1v) is 10.2. The summed E-state index contributed by atoms with van der Waals surface area (Å²) in [6, 6.07) is 7.07. The smallest absolute Gasteiger partial charge is 0.253 e. The molecule has 0 radical (unpaired) electrons. The van der Waals surface area contributed by atoms with Crippen LogP contribution in [0.15, 0.2) is 28.8 Å². The zero-order chi connectivity index (χ0) is 21.0. The van der Waals surface area contributed by atoms with Crippen molar-refractivity contribution < 1.29 is 14.1 Å². The molecule has 2 heterocycles. The van der Waals surface area contributed by atoms with Crippen molar-refractivity contribution in [2.45, 2.75) is 58.8 Å². The second-order valence-corrected chi connectivity index (χ2v) is 8.86. The fourth-order valence-corrected chi connectivity index (χ4v) is 3.20. The van der Waals surface area contributed by atoms with E-state index in [2.05, 4.69) is 22.4 Å². The third kappa shape index (κ3) is 5.65. The highest BCUT2D eigenvalue weighted by atomic mass is 16.5. The van der Waals surface area contributed by atoms with Gasteiger partial charge in [0.05, 0.1) is 0 Å². The molecule has 7 nitrogen and oxygen atoms in total. The molecule has 0 aliphatic carbocycles. The van der Waals surface area contributed by atoms with Crippen LogP contribution in [-0.2, 0) is 16.6 Å². The number of benzene rings is 1. The minimum Gasteiger partial charge on any atom is -0.339 e. The van der Waals surface area contributed by atoms with E-state index >= 15 is 0 Å². The van der Waals surface area contributed by atoms with Gasteiger partial charge in [0.1, 0.15) is 0 Å². The van der Waals surface area contributed by atoms with Crippen LogP contribution in [0.4, 0.5) is 5.69 Å². The summed E-state index contributed by atoms with van der Waals surface area (Å²) in [7, 11) is 0. The number of piperidine rings is 1. The van der Waals surface area contributed by atoms with Gasteiger partial charge in [0, 0.05) is 42.6 Å². The number of carbonyl (C=O) groups is 2. The molecule has 1 aliphatic heterocycles. The number of carbonyl (C=O) groups excluding carboxylic acids is 2. The van der Waals surface area contributed by atoms with E-state index in [-0.39, 0.29) is 23.7 Å². The molecular weight excluding hydrogens is 368 g/mol. The number of hydrogen-bond donors (Lipinski definition) is 1. The molecule has 0 saturated carbocycles. The van der Waals surface area contributed by atoms with E-state index in [0.717, 1.165) is 25.9 Å². The zero-order valence-corrected chi connectivity index (χ0v) is 17.7. The maximum absolute atomic E-state index is 12.6. The Morgan fingerprint density at radius 2 is 1.83 bits per heavy atom. The fourth-order valence-electron chi connectivity index (χ4n) is 3.20. The van der Waals surface area contributed by atoms with Crippen LogP contribution in [0.25, 0.3) is 0 Å². The predicted octanol–water partition coefficient (Wildman–Crippen LogP) is 3.81. The van der Waals surface area contributed by atoms with Gasteiger partial charge in [-0.25, -0.2) is 0 Å². The van der Waals surface area contributed by atoms with E-state index in [4.69, 9.17) is 4.52 Å². The average Bonchev–Trinajstić information content (AvgIpc) is 3.17. The normalized spacial score (nSPS) is 15.4. The number of nitrogens with one attached hydrogen (secondary N) is 1. The third-order valence-electron chi connectivity index (χ3n) is 5.19. The van der Waals surface area contributed by atoms with Crippen molar-refractivity contribution in [2.24, 2.45) is 5.92 Å². The molecule has 0 atom stereocenters. The van der Waals surface area contributed by atoms with E-state index in [0.29, 0.717) is 35.3 Å². The van der Waals surface area contributed by atoms with Crippen LogP contribution in [0, 0.1) is 5.92 Å². The van der Waals surface area contributed by atoms with Crippen LogP contribution >= 0.6 is 0 Å². The van der Waals surface area contributed by atoms with Crippen molar-refractivity contribution in [1.29, 1.82) is 0 Å². The monoisotopic (exact) mass is 398 g/mol. The van der Waals surface area contributed by atoms with Gasteiger partial charge >= 0.3 is 0 Å². The first-order chi connectivity index (χ1) is 13.7. The second-order valence-electron chi connectivity index (χ2n) is 8.86. The lowest BCUT2D eigenvalue weighted by Crippen LogP contribution is -2.37. The molecule has 7 heteroatoms. The summed E-state index contributed by atoms with van der Waals surface area (Å²) < 4.78 is 5.21. The molecule has 1 saturated heterocycles.